The topological polar surface area (TPSA) is 112 Å². The minimum Gasteiger partial charge on any atom is -0.497 e. The summed E-state index contributed by atoms with van der Waals surface area (Å²) in [7, 11) is 1.34. The van der Waals surface area contributed by atoms with Crippen LogP contribution in [0.2, 0.25) is 0 Å². The van der Waals surface area contributed by atoms with Crippen LogP contribution in [0.5, 0.6) is 11.5 Å². The van der Waals surface area contributed by atoms with Crippen LogP contribution in [0.25, 0.3) is 0 Å². The predicted octanol–water partition coefficient (Wildman–Crippen LogP) is 0.393. The number of hydrogen-bond acceptors (Lipinski definition) is 5. The van der Waals surface area contributed by atoms with Gasteiger partial charge in [-0.15, -0.1) is 0 Å². The number of carbonyl (C=O) groups excluding carboxylic acids is 1. The lowest BCUT2D eigenvalue weighted by molar-refractivity contribution is -0.907. The van der Waals surface area contributed by atoms with Gasteiger partial charge in [-0.3, -0.25) is 4.79 Å². The second-order valence-corrected chi connectivity index (χ2v) is 8.04. The van der Waals surface area contributed by atoms with E-state index in [1.807, 2.05) is 26.1 Å². The third-order valence-electron chi connectivity index (χ3n) is 4.55. The van der Waals surface area contributed by atoms with Gasteiger partial charge in [-0.2, -0.15) is 0 Å². The molecule has 0 aliphatic rings. The van der Waals surface area contributed by atoms with Crippen molar-refractivity contribution in [2.24, 2.45) is 5.14 Å². The van der Waals surface area contributed by atoms with Crippen molar-refractivity contribution in [1.82, 2.24) is 0 Å². The highest BCUT2D eigenvalue weighted by Gasteiger charge is 2.23. The molecule has 0 radical (unpaired) electrons. The molecule has 9 heteroatoms. The summed E-state index contributed by atoms with van der Waals surface area (Å²) in [5.41, 5.74) is 1.46. The number of methoxy groups -OCH3 is 2. The lowest BCUT2D eigenvalue weighted by Crippen LogP contribution is -3.12. The molecule has 1 amide bonds. The van der Waals surface area contributed by atoms with Crippen LogP contribution in [0.4, 0.5) is 5.69 Å². The zero-order chi connectivity index (χ0) is 20.9. The highest BCUT2D eigenvalue weighted by atomic mass is 32.2. The summed E-state index contributed by atoms with van der Waals surface area (Å²) in [5.74, 6) is 1.21. The molecule has 152 valence electrons. The highest BCUT2D eigenvalue weighted by Crippen LogP contribution is 2.23. The van der Waals surface area contributed by atoms with E-state index in [1.54, 1.807) is 20.3 Å². The fraction of sp³-hybridized carbons (Fsp3) is 0.316. The number of amides is 1. The molecule has 0 saturated heterocycles. The molecule has 0 aliphatic heterocycles. The molecule has 2 atom stereocenters. The molecular formula is C19H26N3O5S+. The first-order chi connectivity index (χ1) is 13.2. The zero-order valence-electron chi connectivity index (χ0n) is 16.4. The summed E-state index contributed by atoms with van der Waals surface area (Å²) in [6, 6.07) is 10.9. The lowest BCUT2D eigenvalue weighted by Gasteiger charge is -2.22. The molecule has 0 heterocycles. The number of nitrogens with two attached hydrogens (primary N) is 1. The number of primary sulfonamides is 1. The Labute approximate surface area is 165 Å². The SMILES string of the molecule is COc1ccc(C[NH+](C)[C@@H](C)C(=O)Nc2ccc(S(N)(=O)=O)cc2)c(OC)c1. The Morgan fingerprint density at radius 2 is 1.79 bits per heavy atom. The Hall–Kier alpha value is -2.62. The van der Waals surface area contributed by atoms with Crippen molar-refractivity contribution in [3.8, 4) is 11.5 Å². The molecule has 0 aliphatic carbocycles. The van der Waals surface area contributed by atoms with Gasteiger partial charge in [-0.25, -0.2) is 13.6 Å². The van der Waals surface area contributed by atoms with Crippen molar-refractivity contribution >= 4 is 21.6 Å². The van der Waals surface area contributed by atoms with Crippen LogP contribution in [-0.2, 0) is 21.4 Å². The van der Waals surface area contributed by atoms with E-state index in [4.69, 9.17) is 14.6 Å². The third-order valence-corrected chi connectivity index (χ3v) is 5.48. The molecule has 8 nitrogen and oxygen atoms in total. The summed E-state index contributed by atoms with van der Waals surface area (Å²) in [4.78, 5) is 13.5. The first-order valence-electron chi connectivity index (χ1n) is 8.62. The number of anilines is 1. The molecule has 0 bridgehead atoms. The van der Waals surface area contributed by atoms with Crippen LogP contribution in [0.15, 0.2) is 47.4 Å². The summed E-state index contributed by atoms with van der Waals surface area (Å²) in [6.45, 7) is 2.39. The number of rotatable bonds is 8. The molecule has 2 aromatic carbocycles. The molecule has 0 aromatic heterocycles. The molecule has 2 aromatic rings. The molecule has 1 unspecified atom stereocenters. The molecule has 0 spiro atoms. The molecule has 0 saturated carbocycles. The van der Waals surface area contributed by atoms with E-state index in [0.717, 1.165) is 10.5 Å². The number of benzene rings is 2. The van der Waals surface area contributed by atoms with E-state index >= 15 is 0 Å². The Bertz CT molecular complexity index is 929. The number of nitrogens with one attached hydrogen (secondary N) is 2. The monoisotopic (exact) mass is 408 g/mol. The van der Waals surface area contributed by atoms with Gasteiger partial charge in [0, 0.05) is 17.3 Å². The minimum atomic E-state index is -3.76. The maximum absolute atomic E-state index is 12.6. The van der Waals surface area contributed by atoms with Gasteiger partial charge in [-0.05, 0) is 43.3 Å². The van der Waals surface area contributed by atoms with E-state index < -0.39 is 10.0 Å². The van der Waals surface area contributed by atoms with Crippen molar-refractivity contribution in [2.75, 3.05) is 26.6 Å². The summed E-state index contributed by atoms with van der Waals surface area (Å²) >= 11 is 0. The minimum absolute atomic E-state index is 0.00658. The molecule has 0 fully saturated rings. The van der Waals surface area contributed by atoms with Crippen molar-refractivity contribution in [3.63, 3.8) is 0 Å². The maximum Gasteiger partial charge on any atom is 0.282 e. The quantitative estimate of drug-likeness (QED) is 0.585. The first kappa shape index (κ1) is 21.7. The van der Waals surface area contributed by atoms with Crippen LogP contribution in [0, 0.1) is 0 Å². The average Bonchev–Trinajstić information content (AvgIpc) is 2.67. The normalized spacial score (nSPS) is 13.5. The van der Waals surface area contributed by atoms with Crippen molar-refractivity contribution in [1.29, 1.82) is 0 Å². The van der Waals surface area contributed by atoms with E-state index in [-0.39, 0.29) is 16.8 Å². The van der Waals surface area contributed by atoms with Crippen LogP contribution >= 0.6 is 0 Å². The Morgan fingerprint density at radius 1 is 1.14 bits per heavy atom. The second-order valence-electron chi connectivity index (χ2n) is 6.48. The number of ether oxygens (including phenoxy) is 2. The number of quaternary nitrogens is 1. The summed E-state index contributed by atoms with van der Waals surface area (Å²) < 4.78 is 33.2. The van der Waals surface area contributed by atoms with Gasteiger partial charge in [0.2, 0.25) is 10.0 Å². The van der Waals surface area contributed by atoms with Gasteiger partial charge < -0.3 is 19.7 Å². The number of carbonyl (C=O) groups is 1. The largest absolute Gasteiger partial charge is 0.497 e. The number of hydrogen-bond donors (Lipinski definition) is 3. The number of likely N-dealkylation sites (N-methyl/N-ethyl adjacent to an activating group) is 1. The summed E-state index contributed by atoms with van der Waals surface area (Å²) in [5, 5.41) is 7.86. The second kappa shape index (κ2) is 9.05. The zero-order valence-corrected chi connectivity index (χ0v) is 17.2. The third kappa shape index (κ3) is 5.44. The lowest BCUT2D eigenvalue weighted by atomic mass is 10.1. The van der Waals surface area contributed by atoms with Gasteiger partial charge in [0.25, 0.3) is 5.91 Å². The van der Waals surface area contributed by atoms with E-state index in [9.17, 15) is 13.2 Å². The van der Waals surface area contributed by atoms with Crippen LogP contribution < -0.4 is 24.8 Å². The highest BCUT2D eigenvalue weighted by molar-refractivity contribution is 7.89. The Balaban J connectivity index is 2.04. The summed E-state index contributed by atoms with van der Waals surface area (Å²) in [6.07, 6.45) is 0. The van der Waals surface area contributed by atoms with Crippen LogP contribution in [-0.4, -0.2) is 41.6 Å². The van der Waals surface area contributed by atoms with E-state index in [2.05, 4.69) is 5.32 Å². The van der Waals surface area contributed by atoms with Crippen LogP contribution in [0.3, 0.4) is 0 Å². The average molecular weight is 409 g/mol. The first-order valence-corrected chi connectivity index (χ1v) is 10.2. The standard InChI is InChI=1S/C19H25N3O5S/c1-13(19(23)21-15-6-9-17(10-7-15)28(20,24)25)22(2)12-14-5-8-16(26-3)11-18(14)27-4/h5-11,13H,12H2,1-4H3,(H,21,23)(H2,20,24,25)/p+1/t13-/m0/s1. The van der Waals surface area contributed by atoms with Gasteiger partial charge in [0.1, 0.15) is 18.0 Å². The Morgan fingerprint density at radius 3 is 2.32 bits per heavy atom. The smallest absolute Gasteiger partial charge is 0.282 e. The predicted molar refractivity (Wildman–Crippen MR) is 106 cm³/mol. The Kier molecular flexibility index (Phi) is 7.00. The molecule has 4 N–H and O–H groups in total. The van der Waals surface area contributed by atoms with Gasteiger partial charge >= 0.3 is 0 Å². The van der Waals surface area contributed by atoms with Crippen LogP contribution in [0.1, 0.15) is 12.5 Å². The maximum atomic E-state index is 12.6. The molecule has 28 heavy (non-hydrogen) atoms. The van der Waals surface area contributed by atoms with Gasteiger partial charge in [0.05, 0.1) is 26.2 Å². The van der Waals surface area contributed by atoms with Crippen molar-refractivity contribution in [3.05, 3.63) is 48.0 Å². The molecule has 2 rings (SSSR count). The molecular weight excluding hydrogens is 382 g/mol. The van der Waals surface area contributed by atoms with Crippen molar-refractivity contribution < 1.29 is 27.6 Å². The van der Waals surface area contributed by atoms with Gasteiger partial charge in [0.15, 0.2) is 6.04 Å². The fourth-order valence-corrected chi connectivity index (χ4v) is 3.17. The van der Waals surface area contributed by atoms with Crippen molar-refractivity contribution in [2.45, 2.75) is 24.4 Å². The fourth-order valence-electron chi connectivity index (χ4n) is 2.65. The van der Waals surface area contributed by atoms with E-state index in [0.29, 0.717) is 23.7 Å². The number of sulfonamides is 1. The van der Waals surface area contributed by atoms with Gasteiger partial charge in [-0.1, -0.05) is 0 Å². The van der Waals surface area contributed by atoms with E-state index in [1.165, 1.54) is 24.3 Å².